The normalized spacial score (nSPS) is 19.3. The molecule has 0 bridgehead atoms. The standard InChI is InChI=1S/C16H24N2O2/c19-16(20)7-4-10-17-15-9-12-18(13-15)11-8-14-5-2-1-3-6-14/h1-3,5-6,15,17H,4,7-13H2,(H,19,20). The topological polar surface area (TPSA) is 52.6 Å². The van der Waals surface area contributed by atoms with Crippen LogP contribution in [0.4, 0.5) is 0 Å². The second-order valence-corrected chi connectivity index (χ2v) is 5.47. The van der Waals surface area contributed by atoms with E-state index in [0.717, 1.165) is 39.0 Å². The molecule has 1 aliphatic rings. The van der Waals surface area contributed by atoms with Gasteiger partial charge in [0.2, 0.25) is 0 Å². The molecular formula is C16H24N2O2. The van der Waals surface area contributed by atoms with Crippen LogP contribution in [0.15, 0.2) is 30.3 Å². The molecule has 2 rings (SSSR count). The van der Waals surface area contributed by atoms with Crippen LogP contribution in [0.3, 0.4) is 0 Å². The van der Waals surface area contributed by atoms with Crippen LogP contribution in [0.2, 0.25) is 0 Å². The predicted octanol–water partition coefficient (Wildman–Crippen LogP) is 1.76. The van der Waals surface area contributed by atoms with E-state index in [-0.39, 0.29) is 6.42 Å². The molecule has 0 aromatic heterocycles. The lowest BCUT2D eigenvalue weighted by Crippen LogP contribution is -2.33. The maximum atomic E-state index is 10.4. The minimum absolute atomic E-state index is 0.261. The quantitative estimate of drug-likeness (QED) is 0.710. The molecule has 0 amide bonds. The van der Waals surface area contributed by atoms with Crippen molar-refractivity contribution in [1.29, 1.82) is 0 Å². The lowest BCUT2D eigenvalue weighted by molar-refractivity contribution is -0.137. The number of carboxylic acid groups (broad SMARTS) is 1. The summed E-state index contributed by atoms with van der Waals surface area (Å²) in [5, 5.41) is 12.0. The second kappa shape index (κ2) is 8.02. The van der Waals surface area contributed by atoms with Gasteiger partial charge in [0, 0.05) is 25.6 Å². The average Bonchev–Trinajstić information content (AvgIpc) is 2.90. The van der Waals surface area contributed by atoms with Crippen molar-refractivity contribution in [2.24, 2.45) is 0 Å². The largest absolute Gasteiger partial charge is 0.481 e. The van der Waals surface area contributed by atoms with E-state index in [4.69, 9.17) is 5.11 Å². The van der Waals surface area contributed by atoms with Gasteiger partial charge < -0.3 is 15.3 Å². The SMILES string of the molecule is O=C(O)CCCNC1CCN(CCc2ccccc2)C1. The molecule has 20 heavy (non-hydrogen) atoms. The number of likely N-dealkylation sites (tertiary alicyclic amines) is 1. The lowest BCUT2D eigenvalue weighted by atomic mass is 10.1. The number of carbonyl (C=O) groups is 1. The average molecular weight is 276 g/mol. The van der Waals surface area contributed by atoms with E-state index in [0.29, 0.717) is 6.04 Å². The molecule has 110 valence electrons. The Balaban J connectivity index is 1.59. The molecule has 1 unspecified atom stereocenters. The van der Waals surface area contributed by atoms with E-state index in [9.17, 15) is 4.79 Å². The molecule has 1 heterocycles. The first-order valence-electron chi connectivity index (χ1n) is 7.45. The van der Waals surface area contributed by atoms with Crippen LogP contribution in [0.25, 0.3) is 0 Å². The van der Waals surface area contributed by atoms with Gasteiger partial charge in [-0.2, -0.15) is 0 Å². The molecule has 1 saturated heterocycles. The Bertz CT molecular complexity index is 408. The summed E-state index contributed by atoms with van der Waals surface area (Å²) in [6.07, 6.45) is 3.25. The van der Waals surface area contributed by atoms with Gasteiger partial charge in [-0.05, 0) is 37.9 Å². The van der Waals surface area contributed by atoms with Crippen molar-refractivity contribution in [2.45, 2.75) is 31.7 Å². The number of carboxylic acids is 1. The predicted molar refractivity (Wildman–Crippen MR) is 79.9 cm³/mol. The molecule has 0 radical (unpaired) electrons. The van der Waals surface area contributed by atoms with Crippen LogP contribution in [-0.2, 0) is 11.2 Å². The maximum Gasteiger partial charge on any atom is 0.303 e. The van der Waals surface area contributed by atoms with Gasteiger partial charge in [0.25, 0.3) is 0 Å². The Morgan fingerprint density at radius 2 is 2.15 bits per heavy atom. The highest BCUT2D eigenvalue weighted by atomic mass is 16.4. The number of benzene rings is 1. The molecule has 2 N–H and O–H groups in total. The zero-order valence-electron chi connectivity index (χ0n) is 11.9. The van der Waals surface area contributed by atoms with Crippen molar-refractivity contribution in [1.82, 2.24) is 10.2 Å². The molecule has 1 aromatic rings. The van der Waals surface area contributed by atoms with E-state index >= 15 is 0 Å². The fourth-order valence-corrected chi connectivity index (χ4v) is 2.68. The van der Waals surface area contributed by atoms with Gasteiger partial charge in [0.1, 0.15) is 0 Å². The number of hydrogen-bond donors (Lipinski definition) is 2. The summed E-state index contributed by atoms with van der Waals surface area (Å²) in [7, 11) is 0. The molecule has 1 aromatic carbocycles. The Morgan fingerprint density at radius 3 is 2.90 bits per heavy atom. The number of nitrogens with one attached hydrogen (secondary N) is 1. The van der Waals surface area contributed by atoms with E-state index in [1.807, 2.05) is 0 Å². The van der Waals surface area contributed by atoms with E-state index in [1.54, 1.807) is 0 Å². The minimum Gasteiger partial charge on any atom is -0.481 e. The van der Waals surface area contributed by atoms with Gasteiger partial charge in [-0.15, -0.1) is 0 Å². The highest BCUT2D eigenvalue weighted by molar-refractivity contribution is 5.66. The molecule has 1 atom stereocenters. The monoisotopic (exact) mass is 276 g/mol. The van der Waals surface area contributed by atoms with Crippen LogP contribution in [0, 0.1) is 0 Å². The number of rotatable bonds is 8. The summed E-state index contributed by atoms with van der Waals surface area (Å²) in [5.74, 6) is -0.706. The van der Waals surface area contributed by atoms with Crippen LogP contribution in [0.5, 0.6) is 0 Å². The number of nitrogens with zero attached hydrogens (tertiary/aromatic N) is 1. The summed E-state index contributed by atoms with van der Waals surface area (Å²) < 4.78 is 0. The summed E-state index contributed by atoms with van der Waals surface area (Å²) >= 11 is 0. The van der Waals surface area contributed by atoms with E-state index in [2.05, 4.69) is 40.5 Å². The van der Waals surface area contributed by atoms with Crippen LogP contribution in [-0.4, -0.2) is 48.2 Å². The fraction of sp³-hybridized carbons (Fsp3) is 0.562. The van der Waals surface area contributed by atoms with Gasteiger partial charge in [-0.3, -0.25) is 4.79 Å². The first-order chi connectivity index (χ1) is 9.74. The molecule has 0 aliphatic carbocycles. The van der Waals surface area contributed by atoms with Crippen molar-refractivity contribution in [3.8, 4) is 0 Å². The highest BCUT2D eigenvalue weighted by Crippen LogP contribution is 2.10. The van der Waals surface area contributed by atoms with Crippen molar-refractivity contribution in [2.75, 3.05) is 26.2 Å². The van der Waals surface area contributed by atoms with Crippen molar-refractivity contribution in [3.63, 3.8) is 0 Å². The Hall–Kier alpha value is -1.39. The smallest absolute Gasteiger partial charge is 0.303 e. The van der Waals surface area contributed by atoms with E-state index in [1.165, 1.54) is 12.0 Å². The van der Waals surface area contributed by atoms with Crippen molar-refractivity contribution < 1.29 is 9.90 Å². The first kappa shape index (κ1) is 15.0. The fourth-order valence-electron chi connectivity index (χ4n) is 2.68. The third-order valence-corrected chi connectivity index (χ3v) is 3.83. The Labute approximate surface area is 120 Å². The molecule has 0 spiro atoms. The Morgan fingerprint density at radius 1 is 1.35 bits per heavy atom. The van der Waals surface area contributed by atoms with Crippen molar-refractivity contribution in [3.05, 3.63) is 35.9 Å². The molecule has 0 saturated carbocycles. The summed E-state index contributed by atoms with van der Waals surface area (Å²) in [5.41, 5.74) is 1.39. The van der Waals surface area contributed by atoms with Gasteiger partial charge in [0.05, 0.1) is 0 Å². The van der Waals surface area contributed by atoms with Crippen LogP contribution >= 0.6 is 0 Å². The molecule has 1 aliphatic heterocycles. The minimum atomic E-state index is -0.706. The van der Waals surface area contributed by atoms with Gasteiger partial charge in [-0.1, -0.05) is 30.3 Å². The number of hydrogen-bond acceptors (Lipinski definition) is 3. The molecule has 4 nitrogen and oxygen atoms in total. The van der Waals surface area contributed by atoms with Crippen molar-refractivity contribution >= 4 is 5.97 Å². The molecule has 1 fully saturated rings. The first-order valence-corrected chi connectivity index (χ1v) is 7.45. The zero-order valence-corrected chi connectivity index (χ0v) is 11.9. The number of aliphatic carboxylic acids is 1. The van der Waals surface area contributed by atoms with Gasteiger partial charge >= 0.3 is 5.97 Å². The highest BCUT2D eigenvalue weighted by Gasteiger charge is 2.21. The molecule has 4 heteroatoms. The van der Waals surface area contributed by atoms with Gasteiger partial charge in [0.15, 0.2) is 0 Å². The Kier molecular flexibility index (Phi) is 6.02. The third kappa shape index (κ3) is 5.31. The zero-order chi connectivity index (χ0) is 14.2. The third-order valence-electron chi connectivity index (χ3n) is 3.83. The maximum absolute atomic E-state index is 10.4. The van der Waals surface area contributed by atoms with Gasteiger partial charge in [-0.25, -0.2) is 0 Å². The summed E-state index contributed by atoms with van der Waals surface area (Å²) in [6, 6.07) is 11.1. The summed E-state index contributed by atoms with van der Waals surface area (Å²) in [6.45, 7) is 4.14. The second-order valence-electron chi connectivity index (χ2n) is 5.47. The van der Waals surface area contributed by atoms with Crippen LogP contribution < -0.4 is 5.32 Å². The summed E-state index contributed by atoms with van der Waals surface area (Å²) in [4.78, 5) is 12.9. The van der Waals surface area contributed by atoms with Crippen LogP contribution in [0.1, 0.15) is 24.8 Å². The van der Waals surface area contributed by atoms with E-state index < -0.39 is 5.97 Å². The lowest BCUT2D eigenvalue weighted by Gasteiger charge is -2.16. The molecular weight excluding hydrogens is 252 g/mol.